The molecule has 2 amide bonds. The molecular weight excluding hydrogens is 554 g/mol. The normalized spacial score (nSPS) is 26.0. The monoisotopic (exact) mass is 613 g/mol. The second kappa shape index (κ2) is 17.5. The van der Waals surface area contributed by atoms with E-state index in [4.69, 9.17) is 9.47 Å². The number of carbonyl (C=O) groups is 2. The predicted octanol–water partition coefficient (Wildman–Crippen LogP) is 6.51. The van der Waals surface area contributed by atoms with Crippen LogP contribution in [0.25, 0.3) is 0 Å². The Balaban J connectivity index is 1.56. The van der Waals surface area contributed by atoms with E-state index in [1.54, 1.807) is 11.0 Å². The second-order valence-electron chi connectivity index (χ2n) is 14.1. The molecule has 1 heterocycles. The largest absolute Gasteiger partial charge is 0.490 e. The van der Waals surface area contributed by atoms with Gasteiger partial charge in [-0.3, -0.25) is 9.59 Å². The summed E-state index contributed by atoms with van der Waals surface area (Å²) >= 11 is 0. The highest BCUT2D eigenvalue weighted by Gasteiger charge is 2.31. The predicted molar refractivity (Wildman–Crippen MR) is 176 cm³/mol. The second-order valence-corrected chi connectivity index (χ2v) is 14.1. The minimum absolute atomic E-state index is 0.0179. The molecule has 0 saturated heterocycles. The van der Waals surface area contributed by atoms with Gasteiger partial charge in [0.1, 0.15) is 5.75 Å². The lowest BCUT2D eigenvalue weighted by Crippen LogP contribution is -2.47. The van der Waals surface area contributed by atoms with E-state index >= 15 is 0 Å². The van der Waals surface area contributed by atoms with Crippen molar-refractivity contribution in [3.63, 3.8) is 0 Å². The zero-order valence-corrected chi connectivity index (χ0v) is 27.9. The number of fused-ring (bicyclic) bond motifs is 1. The fraction of sp³-hybridized carbons (Fsp3) is 0.778. The number of aliphatic hydroxyl groups is 1. The molecule has 4 rings (SSSR count). The number of likely N-dealkylation sites (N-methyl/N-ethyl adjacent to an activating group) is 1. The van der Waals surface area contributed by atoms with Crippen LogP contribution in [0.1, 0.15) is 115 Å². The van der Waals surface area contributed by atoms with E-state index in [1.165, 1.54) is 38.5 Å². The molecule has 0 unspecified atom stereocenters. The molecule has 44 heavy (non-hydrogen) atoms. The molecule has 1 aromatic rings. The van der Waals surface area contributed by atoms with Crippen LogP contribution in [0.2, 0.25) is 0 Å². The van der Waals surface area contributed by atoms with Crippen molar-refractivity contribution in [3.8, 4) is 5.75 Å². The lowest BCUT2D eigenvalue weighted by atomic mass is 9.88. The third-order valence-corrected chi connectivity index (χ3v) is 10.1. The first-order valence-corrected chi connectivity index (χ1v) is 17.6. The summed E-state index contributed by atoms with van der Waals surface area (Å²) < 4.78 is 12.9. The molecular formula is C36H59N3O5. The lowest BCUT2D eigenvalue weighted by molar-refractivity contribution is -0.120. The molecule has 0 aromatic heterocycles. The first kappa shape index (κ1) is 34.7. The molecule has 8 heteroatoms. The van der Waals surface area contributed by atoms with Gasteiger partial charge in [-0.1, -0.05) is 45.4 Å². The smallest absolute Gasteiger partial charge is 0.258 e. The quantitative estimate of drug-likeness (QED) is 0.347. The first-order valence-electron chi connectivity index (χ1n) is 17.6. The van der Waals surface area contributed by atoms with Crippen molar-refractivity contribution in [2.45, 2.75) is 122 Å². The highest BCUT2D eigenvalue weighted by Crippen LogP contribution is 2.30. The van der Waals surface area contributed by atoms with E-state index < -0.39 is 0 Å². The van der Waals surface area contributed by atoms with Crippen molar-refractivity contribution in [3.05, 3.63) is 23.8 Å². The van der Waals surface area contributed by atoms with Crippen LogP contribution in [-0.4, -0.2) is 84.9 Å². The Morgan fingerprint density at radius 1 is 1.00 bits per heavy atom. The number of aliphatic hydroxyl groups excluding tert-OH is 1. The number of hydrogen-bond acceptors (Lipinski definition) is 6. The average Bonchev–Trinajstić information content (AvgIpc) is 3.03. The highest BCUT2D eigenvalue weighted by molar-refractivity contribution is 6.00. The summed E-state index contributed by atoms with van der Waals surface area (Å²) in [4.78, 5) is 31.6. The number of nitrogens with one attached hydrogen (secondary N) is 1. The van der Waals surface area contributed by atoms with Gasteiger partial charge in [-0.15, -0.1) is 0 Å². The summed E-state index contributed by atoms with van der Waals surface area (Å²) in [5.74, 6) is 1.19. The molecule has 2 aliphatic carbocycles. The summed E-state index contributed by atoms with van der Waals surface area (Å²) in [7, 11) is 2.20. The van der Waals surface area contributed by atoms with Crippen LogP contribution < -0.4 is 10.1 Å². The van der Waals surface area contributed by atoms with E-state index in [-0.39, 0.29) is 48.5 Å². The van der Waals surface area contributed by atoms with Crippen molar-refractivity contribution in [1.82, 2.24) is 9.80 Å². The number of rotatable bonds is 8. The van der Waals surface area contributed by atoms with Gasteiger partial charge >= 0.3 is 0 Å². The minimum Gasteiger partial charge on any atom is -0.490 e. The van der Waals surface area contributed by atoms with E-state index in [0.717, 1.165) is 64.0 Å². The zero-order valence-electron chi connectivity index (χ0n) is 27.9. The first-order chi connectivity index (χ1) is 21.2. The third kappa shape index (κ3) is 10.2. The summed E-state index contributed by atoms with van der Waals surface area (Å²) in [6.45, 7) is 8.99. The fourth-order valence-electron chi connectivity index (χ4n) is 7.26. The van der Waals surface area contributed by atoms with Crippen molar-refractivity contribution >= 4 is 17.5 Å². The summed E-state index contributed by atoms with van der Waals surface area (Å²) in [5.41, 5.74) is 1.04. The maximum Gasteiger partial charge on any atom is 0.258 e. The average molecular weight is 614 g/mol. The summed E-state index contributed by atoms with van der Waals surface area (Å²) in [5, 5.41) is 13.3. The highest BCUT2D eigenvalue weighted by atomic mass is 16.5. The number of nitrogens with zero attached hydrogens (tertiary/aromatic N) is 2. The van der Waals surface area contributed by atoms with Gasteiger partial charge in [0.25, 0.3) is 5.91 Å². The van der Waals surface area contributed by atoms with Crippen molar-refractivity contribution in [2.75, 3.05) is 45.2 Å². The molecule has 248 valence electrons. The maximum absolute atomic E-state index is 14.4. The van der Waals surface area contributed by atoms with Gasteiger partial charge in [-0.05, 0) is 90.0 Å². The van der Waals surface area contributed by atoms with Gasteiger partial charge in [-0.2, -0.15) is 0 Å². The molecule has 3 aliphatic rings. The molecule has 2 fully saturated rings. The van der Waals surface area contributed by atoms with E-state index in [9.17, 15) is 14.7 Å². The Bertz CT molecular complexity index is 1040. The molecule has 0 spiro atoms. The SMILES string of the molecule is C[C@@H]1CN([C@@H](C)CO)C(=O)c2cc(NC(=O)C3CCCCC3)ccc2O[C@@H](C)CCCCO[C@H]1CN(C)CC1CCCCC1. The zero-order chi connectivity index (χ0) is 31.5. The van der Waals surface area contributed by atoms with Gasteiger partial charge in [0, 0.05) is 43.8 Å². The van der Waals surface area contributed by atoms with Crippen molar-refractivity contribution in [1.29, 1.82) is 0 Å². The standard InChI is InChI=1S/C36H59N3O5/c1-26-22-39(27(2)25-40)36(42)32-21-31(37-35(41)30-16-9-6-10-17-30)18-19-33(32)44-28(3)13-11-12-20-43-34(26)24-38(4)23-29-14-7-5-8-15-29/h18-19,21,26-30,34,40H,5-17,20,22-25H2,1-4H3,(H,37,41)/t26-,27+,28+,34+/m1/s1. The summed E-state index contributed by atoms with van der Waals surface area (Å²) in [6.07, 6.45) is 14.5. The minimum atomic E-state index is -0.385. The number of carbonyl (C=O) groups excluding carboxylic acids is 2. The van der Waals surface area contributed by atoms with E-state index in [0.29, 0.717) is 30.2 Å². The van der Waals surface area contributed by atoms with Crippen LogP contribution >= 0.6 is 0 Å². The van der Waals surface area contributed by atoms with Crippen molar-refractivity contribution in [2.24, 2.45) is 17.8 Å². The Morgan fingerprint density at radius 3 is 2.39 bits per heavy atom. The van der Waals surface area contributed by atoms with Gasteiger partial charge in [0.05, 0.1) is 30.4 Å². The van der Waals surface area contributed by atoms with Crippen LogP contribution in [-0.2, 0) is 9.53 Å². The third-order valence-electron chi connectivity index (χ3n) is 10.1. The van der Waals surface area contributed by atoms with Crippen LogP contribution in [0.4, 0.5) is 5.69 Å². The number of amides is 2. The summed E-state index contributed by atoms with van der Waals surface area (Å²) in [6, 6.07) is 5.05. The molecule has 1 aromatic carbocycles. The number of ether oxygens (including phenoxy) is 2. The van der Waals surface area contributed by atoms with E-state index in [1.807, 2.05) is 26.0 Å². The molecule has 2 N–H and O–H groups in total. The Morgan fingerprint density at radius 2 is 1.68 bits per heavy atom. The molecule has 1 aliphatic heterocycles. The Hall–Kier alpha value is -2.16. The number of benzene rings is 1. The Labute approximate surface area is 266 Å². The van der Waals surface area contributed by atoms with Crippen molar-refractivity contribution < 1.29 is 24.2 Å². The van der Waals surface area contributed by atoms with Gasteiger partial charge < -0.3 is 29.7 Å². The molecule has 8 nitrogen and oxygen atoms in total. The van der Waals surface area contributed by atoms with Gasteiger partial charge in [0.2, 0.25) is 5.91 Å². The molecule has 4 atom stereocenters. The maximum atomic E-state index is 14.4. The van der Waals surface area contributed by atoms with Crippen LogP contribution in [0.15, 0.2) is 18.2 Å². The van der Waals surface area contributed by atoms with Gasteiger partial charge in [0.15, 0.2) is 0 Å². The van der Waals surface area contributed by atoms with Crippen LogP contribution in [0.5, 0.6) is 5.75 Å². The lowest BCUT2D eigenvalue weighted by Gasteiger charge is -2.36. The number of hydrogen-bond donors (Lipinski definition) is 2. The molecule has 0 radical (unpaired) electrons. The fourth-order valence-corrected chi connectivity index (χ4v) is 7.26. The van der Waals surface area contributed by atoms with Crippen LogP contribution in [0.3, 0.4) is 0 Å². The molecule has 2 saturated carbocycles. The van der Waals surface area contributed by atoms with E-state index in [2.05, 4.69) is 24.2 Å². The Kier molecular flexibility index (Phi) is 13.8. The topological polar surface area (TPSA) is 91.3 Å². The van der Waals surface area contributed by atoms with Gasteiger partial charge in [-0.25, -0.2) is 0 Å². The van der Waals surface area contributed by atoms with Crippen LogP contribution in [0, 0.1) is 17.8 Å². The molecule has 0 bridgehead atoms. The number of anilines is 1.